The number of carbonyl (C=O) groups excluding carboxylic acids is 1. The maximum Gasteiger partial charge on any atom is 0.308 e. The summed E-state index contributed by atoms with van der Waals surface area (Å²) in [7, 11) is -3.66. The maximum atomic E-state index is 13.0. The number of nitrogens with zero attached hydrogens (tertiary/aromatic N) is 2. The molecule has 0 spiro atoms. The van der Waals surface area contributed by atoms with Crippen molar-refractivity contribution in [2.45, 2.75) is 72.9 Å². The largest absolute Gasteiger partial charge is 0.382 e. The molecule has 0 bridgehead atoms. The van der Waals surface area contributed by atoms with Crippen molar-refractivity contribution in [2.24, 2.45) is 5.92 Å². The highest BCUT2D eigenvalue weighted by Crippen LogP contribution is 2.33. The second-order valence-corrected chi connectivity index (χ2v) is 9.60. The molecule has 29 heavy (non-hydrogen) atoms. The van der Waals surface area contributed by atoms with Crippen LogP contribution in [0.1, 0.15) is 65.9 Å². The quantitative estimate of drug-likeness (QED) is 0.498. The van der Waals surface area contributed by atoms with Crippen LogP contribution in [-0.2, 0) is 21.5 Å². The average molecular weight is 425 g/mol. The first-order valence-electron chi connectivity index (χ1n) is 10.9. The van der Waals surface area contributed by atoms with Crippen LogP contribution in [0.5, 0.6) is 5.75 Å². The van der Waals surface area contributed by atoms with Crippen molar-refractivity contribution in [3.63, 3.8) is 0 Å². The second kappa shape index (κ2) is 10.3. The third-order valence-corrected chi connectivity index (χ3v) is 7.09. The number of hydrogen-bond acceptors (Lipinski definition) is 5. The summed E-state index contributed by atoms with van der Waals surface area (Å²) < 4.78 is 29.9. The Labute approximate surface area is 176 Å². The van der Waals surface area contributed by atoms with Gasteiger partial charge in [-0.2, -0.15) is 8.42 Å². The fourth-order valence-corrected chi connectivity index (χ4v) is 4.02. The number of benzene rings is 1. The molecule has 0 heterocycles. The van der Waals surface area contributed by atoms with E-state index in [-0.39, 0.29) is 23.6 Å². The van der Waals surface area contributed by atoms with Crippen LogP contribution in [0.4, 0.5) is 5.69 Å². The molecule has 1 aliphatic carbocycles. The van der Waals surface area contributed by atoms with E-state index < -0.39 is 10.1 Å². The van der Waals surface area contributed by atoms with Crippen molar-refractivity contribution < 1.29 is 17.4 Å². The van der Waals surface area contributed by atoms with Crippen molar-refractivity contribution in [3.8, 4) is 5.75 Å². The second-order valence-electron chi connectivity index (χ2n) is 7.75. The van der Waals surface area contributed by atoms with Gasteiger partial charge in [-0.25, -0.2) is 0 Å². The van der Waals surface area contributed by atoms with Crippen molar-refractivity contribution in [1.29, 1.82) is 0 Å². The number of hydrogen-bond donors (Lipinski definition) is 0. The van der Waals surface area contributed by atoms with E-state index in [1.54, 1.807) is 13.0 Å². The molecule has 0 aliphatic heterocycles. The molecule has 1 atom stereocenters. The third kappa shape index (κ3) is 5.87. The molecule has 164 valence electrons. The van der Waals surface area contributed by atoms with Crippen LogP contribution in [-0.4, -0.2) is 44.1 Å². The summed E-state index contributed by atoms with van der Waals surface area (Å²) in [5, 5.41) is 0. The van der Waals surface area contributed by atoms with Crippen molar-refractivity contribution in [2.75, 3.05) is 23.7 Å². The lowest BCUT2D eigenvalue weighted by Gasteiger charge is -2.35. The fraction of sp³-hybridized carbons (Fsp3) is 0.682. The van der Waals surface area contributed by atoms with Gasteiger partial charge >= 0.3 is 10.1 Å². The first-order chi connectivity index (χ1) is 13.8. The van der Waals surface area contributed by atoms with E-state index in [9.17, 15) is 13.2 Å². The van der Waals surface area contributed by atoms with Crippen LogP contribution < -0.4 is 9.08 Å². The van der Waals surface area contributed by atoms with Crippen molar-refractivity contribution >= 4 is 21.7 Å². The topological polar surface area (TPSA) is 66.9 Å². The van der Waals surface area contributed by atoms with Gasteiger partial charge in [-0.05, 0) is 53.0 Å². The Morgan fingerprint density at radius 2 is 1.83 bits per heavy atom. The van der Waals surface area contributed by atoms with Crippen LogP contribution in [0.3, 0.4) is 0 Å². The summed E-state index contributed by atoms with van der Waals surface area (Å²) >= 11 is 0. The lowest BCUT2D eigenvalue weighted by atomic mass is 9.84. The summed E-state index contributed by atoms with van der Waals surface area (Å²) in [6.07, 6.45) is 3.84. The normalized spacial score (nSPS) is 15.5. The Hall–Kier alpha value is -1.76. The highest BCUT2D eigenvalue weighted by molar-refractivity contribution is 7.87. The highest BCUT2D eigenvalue weighted by atomic mass is 32.2. The minimum Gasteiger partial charge on any atom is -0.382 e. The van der Waals surface area contributed by atoms with Gasteiger partial charge in [0.15, 0.2) is 0 Å². The van der Waals surface area contributed by atoms with Gasteiger partial charge in [0, 0.05) is 48.9 Å². The molecular formula is C22H36N2O4S. The summed E-state index contributed by atoms with van der Waals surface area (Å²) in [6.45, 7) is 11.8. The minimum atomic E-state index is -3.66. The molecule has 0 N–H and O–H groups in total. The zero-order valence-electron chi connectivity index (χ0n) is 18.5. The predicted molar refractivity (Wildman–Crippen MR) is 118 cm³/mol. The first kappa shape index (κ1) is 23.5. The van der Waals surface area contributed by atoms with E-state index in [4.69, 9.17) is 4.18 Å². The molecular weight excluding hydrogens is 388 g/mol. The van der Waals surface area contributed by atoms with Gasteiger partial charge in [0.2, 0.25) is 5.91 Å². The monoisotopic (exact) mass is 424 g/mol. The molecule has 1 aliphatic rings. The Morgan fingerprint density at radius 1 is 1.17 bits per heavy atom. The SMILES string of the molecule is CCC(C)N(Cc1ccc(N(CC)CC)cc1OS(=O)(=O)CC)C(=O)C1CCC1. The van der Waals surface area contributed by atoms with Gasteiger partial charge in [-0.15, -0.1) is 0 Å². The van der Waals surface area contributed by atoms with E-state index in [2.05, 4.69) is 25.7 Å². The summed E-state index contributed by atoms with van der Waals surface area (Å²) in [6, 6.07) is 5.76. The lowest BCUT2D eigenvalue weighted by molar-refractivity contribution is -0.141. The molecule has 1 amide bonds. The Kier molecular flexibility index (Phi) is 8.37. The summed E-state index contributed by atoms with van der Waals surface area (Å²) in [5.41, 5.74) is 1.64. The van der Waals surface area contributed by atoms with E-state index >= 15 is 0 Å². The third-order valence-electron chi connectivity index (χ3n) is 5.95. The standard InChI is InChI=1S/C22H36N2O4S/c1-6-17(5)24(22(25)18-11-10-12-18)16-19-13-14-20(23(7-2)8-3)15-21(19)28-29(26,27)9-4/h13-15,17-18H,6-12,16H2,1-5H3. The zero-order valence-corrected chi connectivity index (χ0v) is 19.3. The molecule has 2 rings (SSSR count). The molecule has 1 aromatic carbocycles. The van der Waals surface area contributed by atoms with Crippen LogP contribution in [0.15, 0.2) is 18.2 Å². The summed E-state index contributed by atoms with van der Waals surface area (Å²) in [4.78, 5) is 17.0. The molecule has 0 radical (unpaired) electrons. The Morgan fingerprint density at radius 3 is 2.31 bits per heavy atom. The van der Waals surface area contributed by atoms with Gasteiger partial charge in [-0.1, -0.05) is 19.4 Å². The van der Waals surface area contributed by atoms with E-state index in [0.29, 0.717) is 12.3 Å². The Bertz CT molecular complexity index is 786. The van der Waals surface area contributed by atoms with Crippen LogP contribution >= 0.6 is 0 Å². The van der Waals surface area contributed by atoms with Crippen LogP contribution in [0.25, 0.3) is 0 Å². The molecule has 7 heteroatoms. The lowest BCUT2D eigenvalue weighted by Crippen LogP contribution is -2.43. The summed E-state index contributed by atoms with van der Waals surface area (Å²) in [5.74, 6) is 0.495. The van der Waals surface area contributed by atoms with Gasteiger partial charge in [0.1, 0.15) is 5.75 Å². The van der Waals surface area contributed by atoms with Crippen molar-refractivity contribution in [1.82, 2.24) is 4.90 Å². The van der Waals surface area contributed by atoms with Gasteiger partial charge in [-0.3, -0.25) is 4.79 Å². The number of amides is 1. The molecule has 6 nitrogen and oxygen atoms in total. The van der Waals surface area contributed by atoms with Crippen LogP contribution in [0, 0.1) is 5.92 Å². The molecule has 1 fully saturated rings. The van der Waals surface area contributed by atoms with E-state index in [1.807, 2.05) is 24.0 Å². The highest BCUT2D eigenvalue weighted by Gasteiger charge is 2.32. The van der Waals surface area contributed by atoms with Crippen LogP contribution in [0.2, 0.25) is 0 Å². The number of rotatable bonds is 11. The van der Waals surface area contributed by atoms with Gasteiger partial charge < -0.3 is 14.0 Å². The maximum absolute atomic E-state index is 13.0. The van der Waals surface area contributed by atoms with E-state index in [0.717, 1.165) is 50.0 Å². The molecule has 1 aromatic rings. The van der Waals surface area contributed by atoms with Gasteiger partial charge in [0.05, 0.1) is 5.75 Å². The average Bonchev–Trinajstić information content (AvgIpc) is 2.66. The van der Waals surface area contributed by atoms with Gasteiger partial charge in [0.25, 0.3) is 0 Å². The molecule has 0 aromatic heterocycles. The molecule has 1 unspecified atom stereocenters. The first-order valence-corrected chi connectivity index (χ1v) is 12.4. The zero-order chi connectivity index (χ0) is 21.6. The van der Waals surface area contributed by atoms with E-state index in [1.165, 1.54) is 0 Å². The molecule has 1 saturated carbocycles. The fourth-order valence-electron chi connectivity index (χ4n) is 3.48. The Balaban J connectivity index is 2.40. The predicted octanol–water partition coefficient (Wildman–Crippen LogP) is 4.19. The van der Waals surface area contributed by atoms with Crippen molar-refractivity contribution in [3.05, 3.63) is 23.8 Å². The smallest absolute Gasteiger partial charge is 0.308 e. The minimum absolute atomic E-state index is 0.0844. The number of anilines is 1. The number of carbonyl (C=O) groups is 1. The molecule has 0 saturated heterocycles.